The van der Waals surface area contributed by atoms with Crippen LogP contribution in [0.4, 0.5) is 5.95 Å². The minimum absolute atomic E-state index is 0.512. The molecule has 0 amide bonds. The molecule has 2 aliphatic heterocycles. The lowest BCUT2D eigenvalue weighted by Gasteiger charge is -2.32. The molecule has 19 heavy (non-hydrogen) atoms. The Hall–Kier alpha value is -1.62. The number of nitrogens with zero attached hydrogens (tertiary/aromatic N) is 4. The molecule has 2 aliphatic rings. The van der Waals surface area contributed by atoms with Gasteiger partial charge < -0.3 is 5.32 Å². The standard InChI is InChI=1S/C14H19N5/c1-3-8-18-10-7-11(12(18)5-1)15-14-16-13-6-2-4-9-19(13)17-14/h2,4,6,9,11-12H,1,3,5,7-8,10H2,(H,15,17). The second-order valence-electron chi connectivity index (χ2n) is 5.58. The highest BCUT2D eigenvalue weighted by Crippen LogP contribution is 2.28. The molecule has 0 radical (unpaired) electrons. The lowest BCUT2D eigenvalue weighted by molar-refractivity contribution is 0.192. The van der Waals surface area contributed by atoms with E-state index in [-0.39, 0.29) is 0 Å². The van der Waals surface area contributed by atoms with E-state index in [0.29, 0.717) is 12.1 Å². The average Bonchev–Trinajstić information content (AvgIpc) is 3.03. The van der Waals surface area contributed by atoms with Gasteiger partial charge in [-0.1, -0.05) is 12.5 Å². The summed E-state index contributed by atoms with van der Waals surface area (Å²) in [4.78, 5) is 7.16. The SMILES string of the molecule is c1ccn2nc(NC3CCN4CCCCC34)nc2c1. The summed E-state index contributed by atoms with van der Waals surface area (Å²) in [6, 6.07) is 7.15. The summed E-state index contributed by atoms with van der Waals surface area (Å²) in [5, 5.41) is 8.03. The predicted octanol–water partition coefficient (Wildman–Crippen LogP) is 1.77. The molecule has 2 atom stereocenters. The van der Waals surface area contributed by atoms with Crippen molar-refractivity contribution in [1.29, 1.82) is 0 Å². The van der Waals surface area contributed by atoms with Crippen molar-refractivity contribution in [2.45, 2.75) is 37.8 Å². The minimum Gasteiger partial charge on any atom is -0.349 e. The molecule has 2 saturated heterocycles. The van der Waals surface area contributed by atoms with Crippen molar-refractivity contribution in [3.8, 4) is 0 Å². The summed E-state index contributed by atoms with van der Waals surface area (Å²) in [5.74, 6) is 0.767. The van der Waals surface area contributed by atoms with Gasteiger partial charge in [-0.05, 0) is 37.9 Å². The summed E-state index contributed by atoms with van der Waals surface area (Å²) in [6.07, 6.45) is 7.17. The van der Waals surface area contributed by atoms with E-state index in [0.717, 1.165) is 11.6 Å². The number of aromatic nitrogens is 3. The Morgan fingerprint density at radius 3 is 3.11 bits per heavy atom. The Morgan fingerprint density at radius 2 is 2.16 bits per heavy atom. The topological polar surface area (TPSA) is 45.5 Å². The second kappa shape index (κ2) is 4.49. The summed E-state index contributed by atoms with van der Waals surface area (Å²) >= 11 is 0. The molecule has 5 nitrogen and oxygen atoms in total. The molecule has 1 N–H and O–H groups in total. The predicted molar refractivity (Wildman–Crippen MR) is 74.2 cm³/mol. The molecule has 5 heteroatoms. The number of fused-ring (bicyclic) bond motifs is 2. The van der Waals surface area contributed by atoms with Crippen molar-refractivity contribution in [3.05, 3.63) is 24.4 Å². The van der Waals surface area contributed by atoms with E-state index < -0.39 is 0 Å². The van der Waals surface area contributed by atoms with Gasteiger partial charge in [0.2, 0.25) is 5.95 Å². The van der Waals surface area contributed by atoms with E-state index >= 15 is 0 Å². The highest BCUT2D eigenvalue weighted by molar-refractivity contribution is 5.43. The third kappa shape index (κ3) is 1.98. The molecular formula is C14H19N5. The highest BCUT2D eigenvalue weighted by Gasteiger charge is 2.35. The first-order chi connectivity index (χ1) is 9.40. The molecule has 4 rings (SSSR count). The molecule has 0 bridgehead atoms. The number of nitrogens with one attached hydrogen (secondary N) is 1. The fourth-order valence-corrected chi connectivity index (χ4v) is 3.47. The van der Waals surface area contributed by atoms with Crippen LogP contribution in [-0.4, -0.2) is 44.7 Å². The summed E-state index contributed by atoms with van der Waals surface area (Å²) < 4.78 is 1.83. The Kier molecular flexibility index (Phi) is 2.65. The third-order valence-corrected chi connectivity index (χ3v) is 4.41. The zero-order valence-electron chi connectivity index (χ0n) is 11.0. The first-order valence-electron chi connectivity index (χ1n) is 7.22. The summed E-state index contributed by atoms with van der Waals surface area (Å²) in [7, 11) is 0. The van der Waals surface area contributed by atoms with Gasteiger partial charge in [-0.25, -0.2) is 4.52 Å². The van der Waals surface area contributed by atoms with Crippen LogP contribution in [0.1, 0.15) is 25.7 Å². The van der Waals surface area contributed by atoms with Gasteiger partial charge in [-0.2, -0.15) is 4.98 Å². The fourth-order valence-electron chi connectivity index (χ4n) is 3.47. The molecule has 100 valence electrons. The lowest BCUT2D eigenvalue weighted by Crippen LogP contribution is -2.41. The van der Waals surface area contributed by atoms with Crippen molar-refractivity contribution in [2.24, 2.45) is 0 Å². The largest absolute Gasteiger partial charge is 0.349 e. The van der Waals surface area contributed by atoms with Gasteiger partial charge in [-0.3, -0.25) is 4.90 Å². The van der Waals surface area contributed by atoms with Gasteiger partial charge in [-0.15, -0.1) is 5.10 Å². The van der Waals surface area contributed by atoms with Gasteiger partial charge in [0.15, 0.2) is 5.65 Å². The van der Waals surface area contributed by atoms with Crippen molar-refractivity contribution < 1.29 is 0 Å². The van der Waals surface area contributed by atoms with Gasteiger partial charge in [0.1, 0.15) is 0 Å². The van der Waals surface area contributed by atoms with Crippen molar-refractivity contribution in [2.75, 3.05) is 18.4 Å². The van der Waals surface area contributed by atoms with E-state index in [2.05, 4.69) is 20.3 Å². The third-order valence-electron chi connectivity index (χ3n) is 4.41. The second-order valence-corrected chi connectivity index (χ2v) is 5.58. The molecule has 2 aromatic heterocycles. The van der Waals surface area contributed by atoms with E-state index in [4.69, 9.17) is 0 Å². The molecule has 2 unspecified atom stereocenters. The number of piperidine rings is 1. The van der Waals surface area contributed by atoms with Crippen LogP contribution in [0.15, 0.2) is 24.4 Å². The first kappa shape index (κ1) is 11.2. The van der Waals surface area contributed by atoms with Crippen LogP contribution < -0.4 is 5.32 Å². The molecule has 0 aromatic carbocycles. The zero-order valence-corrected chi connectivity index (χ0v) is 11.0. The van der Waals surface area contributed by atoms with Crippen LogP contribution in [0.25, 0.3) is 5.65 Å². The molecular weight excluding hydrogens is 238 g/mol. The van der Waals surface area contributed by atoms with Crippen LogP contribution in [0.2, 0.25) is 0 Å². The van der Waals surface area contributed by atoms with Crippen LogP contribution in [-0.2, 0) is 0 Å². The van der Waals surface area contributed by atoms with Crippen molar-refractivity contribution in [1.82, 2.24) is 19.5 Å². The molecule has 0 aliphatic carbocycles. The Bertz CT molecular complexity index is 545. The Labute approximate surface area is 112 Å². The molecule has 2 fully saturated rings. The van der Waals surface area contributed by atoms with Crippen molar-refractivity contribution in [3.63, 3.8) is 0 Å². The molecule has 2 aromatic rings. The smallest absolute Gasteiger partial charge is 0.243 e. The van der Waals surface area contributed by atoms with Gasteiger partial charge >= 0.3 is 0 Å². The average molecular weight is 257 g/mol. The highest BCUT2D eigenvalue weighted by atomic mass is 15.4. The van der Waals surface area contributed by atoms with E-state index in [1.165, 1.54) is 38.8 Å². The Balaban J connectivity index is 1.54. The van der Waals surface area contributed by atoms with Crippen molar-refractivity contribution >= 4 is 11.6 Å². The monoisotopic (exact) mass is 257 g/mol. The molecule has 0 saturated carbocycles. The van der Waals surface area contributed by atoms with E-state index in [1.807, 2.05) is 28.9 Å². The van der Waals surface area contributed by atoms with E-state index in [9.17, 15) is 0 Å². The lowest BCUT2D eigenvalue weighted by atomic mass is 9.99. The maximum absolute atomic E-state index is 4.54. The fraction of sp³-hybridized carbons (Fsp3) is 0.571. The number of hydrogen-bond donors (Lipinski definition) is 1. The van der Waals surface area contributed by atoms with Gasteiger partial charge in [0, 0.05) is 24.8 Å². The zero-order chi connectivity index (χ0) is 12.7. The number of rotatable bonds is 2. The minimum atomic E-state index is 0.512. The Morgan fingerprint density at radius 1 is 1.16 bits per heavy atom. The number of pyridine rings is 1. The van der Waals surface area contributed by atoms with Crippen LogP contribution in [0.5, 0.6) is 0 Å². The normalized spacial score (nSPS) is 27.6. The molecule has 0 spiro atoms. The first-order valence-corrected chi connectivity index (χ1v) is 7.22. The van der Waals surface area contributed by atoms with Crippen LogP contribution in [0, 0.1) is 0 Å². The summed E-state index contributed by atoms with van der Waals surface area (Å²) in [5.41, 5.74) is 0.906. The van der Waals surface area contributed by atoms with Gasteiger partial charge in [0.05, 0.1) is 0 Å². The van der Waals surface area contributed by atoms with Crippen LogP contribution >= 0.6 is 0 Å². The maximum Gasteiger partial charge on any atom is 0.243 e. The van der Waals surface area contributed by atoms with Gasteiger partial charge in [0.25, 0.3) is 0 Å². The number of anilines is 1. The number of hydrogen-bond acceptors (Lipinski definition) is 4. The van der Waals surface area contributed by atoms with Crippen LogP contribution in [0.3, 0.4) is 0 Å². The quantitative estimate of drug-likeness (QED) is 0.890. The molecule has 4 heterocycles. The maximum atomic E-state index is 4.54. The summed E-state index contributed by atoms with van der Waals surface area (Å²) in [6.45, 7) is 2.48. The van der Waals surface area contributed by atoms with E-state index in [1.54, 1.807) is 0 Å².